The summed E-state index contributed by atoms with van der Waals surface area (Å²) in [5.74, 6) is -0.413. The van der Waals surface area contributed by atoms with Gasteiger partial charge in [0.25, 0.3) is 5.91 Å². The van der Waals surface area contributed by atoms with Crippen molar-refractivity contribution in [2.45, 2.75) is 37.8 Å². The number of nitrogens with zero attached hydrogens (tertiary/aromatic N) is 3. The van der Waals surface area contributed by atoms with Gasteiger partial charge < -0.3 is 35.8 Å². The van der Waals surface area contributed by atoms with Gasteiger partial charge >= 0.3 is 18.2 Å². The third-order valence-corrected chi connectivity index (χ3v) is 8.55. The predicted molar refractivity (Wildman–Crippen MR) is 170 cm³/mol. The van der Waals surface area contributed by atoms with E-state index in [-0.39, 0.29) is 6.01 Å². The van der Waals surface area contributed by atoms with Gasteiger partial charge in [0.15, 0.2) is 0 Å². The van der Waals surface area contributed by atoms with Crippen LogP contribution in [0.4, 0.5) is 14.0 Å². The van der Waals surface area contributed by atoms with Gasteiger partial charge in [0.2, 0.25) is 5.60 Å². The van der Waals surface area contributed by atoms with Crippen molar-refractivity contribution in [3.63, 3.8) is 0 Å². The number of ether oxygens (including phenoxy) is 2. The first kappa shape index (κ1) is 31.0. The van der Waals surface area contributed by atoms with Crippen molar-refractivity contribution in [1.82, 2.24) is 24.8 Å². The Bertz CT molecular complexity index is 1960. The van der Waals surface area contributed by atoms with Crippen LogP contribution in [0.3, 0.4) is 0 Å². The highest BCUT2D eigenvalue weighted by molar-refractivity contribution is 5.89. The number of aromatic amines is 2. The van der Waals surface area contributed by atoms with E-state index in [0.717, 1.165) is 11.1 Å². The topological polar surface area (TPSA) is 182 Å². The van der Waals surface area contributed by atoms with E-state index in [4.69, 9.17) is 20.9 Å². The Morgan fingerprint density at radius 2 is 1.57 bits per heavy atom. The molecule has 3 heterocycles. The number of primary amides is 2. The van der Waals surface area contributed by atoms with Crippen LogP contribution in [0, 0.1) is 5.82 Å². The summed E-state index contributed by atoms with van der Waals surface area (Å²) in [6.07, 6.45) is 2.29. The van der Waals surface area contributed by atoms with E-state index in [1.807, 2.05) is 37.3 Å². The quantitative estimate of drug-likeness (QED) is 0.171. The fraction of sp³-hybridized carbons (Fsp3) is 0.206. The van der Waals surface area contributed by atoms with E-state index in [9.17, 15) is 14.4 Å². The maximum absolute atomic E-state index is 15.6. The van der Waals surface area contributed by atoms with Crippen molar-refractivity contribution in [2.24, 2.45) is 11.5 Å². The maximum atomic E-state index is 15.6. The molecule has 6 N–H and O–H groups in total. The second kappa shape index (κ2) is 12.1. The highest BCUT2D eigenvalue weighted by atomic mass is 19.1. The molecule has 1 saturated heterocycles. The van der Waals surface area contributed by atoms with Gasteiger partial charge in [-0.05, 0) is 55.5 Å². The summed E-state index contributed by atoms with van der Waals surface area (Å²) < 4.78 is 25.8. The van der Waals surface area contributed by atoms with Crippen LogP contribution in [-0.4, -0.2) is 49.5 Å². The molecule has 12 nitrogen and oxygen atoms in total. The van der Waals surface area contributed by atoms with Gasteiger partial charge in [-0.25, -0.2) is 23.9 Å². The number of aromatic nitrogens is 4. The van der Waals surface area contributed by atoms with Gasteiger partial charge in [-0.3, -0.25) is 4.79 Å². The van der Waals surface area contributed by atoms with Gasteiger partial charge in [-0.1, -0.05) is 60.7 Å². The average molecular weight is 638 g/mol. The monoisotopic (exact) mass is 637 g/mol. The summed E-state index contributed by atoms with van der Waals surface area (Å²) in [5.41, 5.74) is 12.0. The molecule has 1 unspecified atom stereocenters. The van der Waals surface area contributed by atoms with Crippen LogP contribution in [0.25, 0.3) is 33.6 Å². The molecule has 0 radical (unpaired) electrons. The molecule has 6 rings (SSSR count). The molecule has 0 aliphatic carbocycles. The Hall–Kier alpha value is -5.98. The van der Waals surface area contributed by atoms with E-state index in [1.54, 1.807) is 47.5 Å². The Kier molecular flexibility index (Phi) is 7.97. The zero-order chi connectivity index (χ0) is 33.3. The molecule has 2 atom stereocenters. The minimum atomic E-state index is -1.66. The first-order valence-corrected chi connectivity index (χ1v) is 14.8. The number of rotatable bonds is 8. The number of amides is 3. The van der Waals surface area contributed by atoms with Crippen molar-refractivity contribution < 1.29 is 28.2 Å². The zero-order valence-corrected chi connectivity index (χ0v) is 25.6. The third-order valence-electron chi connectivity index (χ3n) is 8.55. The smallest absolute Gasteiger partial charge is 0.412 e. The molecule has 0 bridgehead atoms. The molecule has 3 aromatic carbocycles. The van der Waals surface area contributed by atoms with Crippen LogP contribution in [0.1, 0.15) is 38.1 Å². The maximum Gasteiger partial charge on any atom is 0.412 e. The standard InChI is InChI=1S/C34H32FN7O5/c1-33(15-6-16-42(33)29(43)34(2,47-31(37)45)23-7-4-3-5-8-23)28-38-19-27(40-28)24-14-13-22(17-25(24)35)20-9-11-21(12-10-20)26-18-39-32(41-26)46-30(36)44/h3-5,7-14,17-19H,6,15-16H2,1-2H3,(H2,36,44)(H2,37,45)(H,38,40)(H,39,41)/t33?,34-/m1/s1. The van der Waals surface area contributed by atoms with E-state index in [0.29, 0.717) is 53.3 Å². The lowest BCUT2D eigenvalue weighted by atomic mass is 9.91. The molecule has 0 saturated carbocycles. The van der Waals surface area contributed by atoms with Gasteiger partial charge in [0, 0.05) is 17.7 Å². The molecule has 5 aromatic rings. The minimum Gasteiger partial charge on any atom is -0.428 e. The summed E-state index contributed by atoms with van der Waals surface area (Å²) in [5, 5.41) is 0. The first-order chi connectivity index (χ1) is 22.5. The molecule has 240 valence electrons. The van der Waals surface area contributed by atoms with Crippen LogP contribution in [-0.2, 0) is 20.7 Å². The van der Waals surface area contributed by atoms with Crippen LogP contribution in [0.5, 0.6) is 6.01 Å². The second-order valence-electron chi connectivity index (χ2n) is 11.6. The second-order valence-corrected chi connectivity index (χ2v) is 11.6. The number of nitrogens with two attached hydrogens (primary N) is 2. The van der Waals surface area contributed by atoms with Crippen molar-refractivity contribution in [1.29, 1.82) is 0 Å². The molecule has 3 amide bonds. The van der Waals surface area contributed by atoms with Crippen molar-refractivity contribution in [3.8, 4) is 39.7 Å². The number of likely N-dealkylation sites (tertiary alicyclic amines) is 1. The van der Waals surface area contributed by atoms with Crippen LogP contribution in [0.15, 0.2) is 85.2 Å². The number of carbonyl (C=O) groups is 3. The largest absolute Gasteiger partial charge is 0.428 e. The molecule has 47 heavy (non-hydrogen) atoms. The zero-order valence-electron chi connectivity index (χ0n) is 25.6. The first-order valence-electron chi connectivity index (χ1n) is 14.8. The number of hydrogen-bond donors (Lipinski definition) is 4. The Balaban J connectivity index is 1.23. The molecule has 1 fully saturated rings. The summed E-state index contributed by atoms with van der Waals surface area (Å²) in [6, 6.07) is 21.0. The Morgan fingerprint density at radius 3 is 2.26 bits per heavy atom. The number of imidazole rings is 2. The van der Waals surface area contributed by atoms with Gasteiger partial charge in [-0.2, -0.15) is 0 Å². The molecular weight excluding hydrogens is 605 g/mol. The van der Waals surface area contributed by atoms with E-state index in [1.165, 1.54) is 19.2 Å². The molecule has 13 heteroatoms. The predicted octanol–water partition coefficient (Wildman–Crippen LogP) is 5.58. The summed E-state index contributed by atoms with van der Waals surface area (Å²) in [6.45, 7) is 3.81. The fourth-order valence-corrected chi connectivity index (χ4v) is 6.06. The lowest BCUT2D eigenvalue weighted by Gasteiger charge is -2.39. The normalized spacial score (nSPS) is 17.2. The van der Waals surface area contributed by atoms with Crippen LogP contribution < -0.4 is 16.2 Å². The number of nitrogens with one attached hydrogen (secondary N) is 2. The molecule has 2 aromatic heterocycles. The number of benzene rings is 3. The summed E-state index contributed by atoms with van der Waals surface area (Å²) in [4.78, 5) is 53.2. The molecule has 0 spiro atoms. The molecule has 1 aliphatic rings. The average Bonchev–Trinajstić information content (AvgIpc) is 3.81. The highest BCUT2D eigenvalue weighted by Crippen LogP contribution is 2.42. The lowest BCUT2D eigenvalue weighted by Crippen LogP contribution is -2.53. The van der Waals surface area contributed by atoms with Gasteiger partial charge in [-0.15, -0.1) is 0 Å². The third kappa shape index (κ3) is 5.90. The molecular formula is C34H32FN7O5. The van der Waals surface area contributed by atoms with Crippen LogP contribution in [0.2, 0.25) is 0 Å². The van der Waals surface area contributed by atoms with E-state index in [2.05, 4.69) is 19.9 Å². The van der Waals surface area contributed by atoms with E-state index >= 15 is 4.39 Å². The summed E-state index contributed by atoms with van der Waals surface area (Å²) in [7, 11) is 0. The molecule has 1 aliphatic heterocycles. The number of hydrogen-bond acceptors (Lipinski definition) is 7. The van der Waals surface area contributed by atoms with Gasteiger partial charge in [0.05, 0.1) is 29.3 Å². The van der Waals surface area contributed by atoms with Crippen molar-refractivity contribution >= 4 is 18.1 Å². The lowest BCUT2D eigenvalue weighted by molar-refractivity contribution is -0.155. The minimum absolute atomic E-state index is 0.0137. The van der Waals surface area contributed by atoms with Gasteiger partial charge in [0.1, 0.15) is 11.6 Å². The fourth-order valence-electron chi connectivity index (χ4n) is 6.06. The Morgan fingerprint density at radius 1 is 0.894 bits per heavy atom. The highest BCUT2D eigenvalue weighted by Gasteiger charge is 2.51. The summed E-state index contributed by atoms with van der Waals surface area (Å²) >= 11 is 0. The van der Waals surface area contributed by atoms with Crippen molar-refractivity contribution in [3.05, 3.63) is 102 Å². The van der Waals surface area contributed by atoms with Crippen LogP contribution >= 0.6 is 0 Å². The Labute approximate surface area is 268 Å². The van der Waals surface area contributed by atoms with Crippen molar-refractivity contribution in [2.75, 3.05) is 6.54 Å². The number of halogens is 1. The SMILES string of the molecule is CC1(c2ncc(-c3ccc(-c4ccc(-c5cnc(OC(N)=O)[nH]5)cc4)cc3F)[nH]2)CCCN1C(=O)[C@](C)(OC(N)=O)c1ccccc1. The van der Waals surface area contributed by atoms with E-state index < -0.39 is 35.1 Å². The number of carbonyl (C=O) groups excluding carboxylic acids is 3. The number of H-pyrrole nitrogens is 2.